The van der Waals surface area contributed by atoms with Crippen molar-refractivity contribution >= 4 is 50.8 Å². The zero-order valence-corrected chi connectivity index (χ0v) is 23.0. The number of hydrogen-bond acceptors (Lipinski definition) is 3. The second kappa shape index (κ2) is 10.9. The van der Waals surface area contributed by atoms with Crippen LogP contribution >= 0.6 is 0 Å². The Kier molecular flexibility index (Phi) is 6.78. The van der Waals surface area contributed by atoms with Gasteiger partial charge in [-0.2, -0.15) is 10.5 Å². The molecule has 6 aromatic rings. The van der Waals surface area contributed by atoms with E-state index in [0.29, 0.717) is 11.1 Å². The third kappa shape index (κ3) is 4.94. The highest BCUT2D eigenvalue weighted by atomic mass is 15.1. The van der Waals surface area contributed by atoms with Gasteiger partial charge in [0, 0.05) is 38.6 Å². The van der Waals surface area contributed by atoms with E-state index in [-0.39, 0.29) is 0 Å². The number of benzene rings is 6. The fourth-order valence-corrected chi connectivity index (χ4v) is 5.30. The average molecular weight is 526 g/mol. The molecule has 0 atom stereocenters. The molecule has 0 unspecified atom stereocenters. The highest BCUT2D eigenvalue weighted by Gasteiger charge is 2.14. The first kappa shape index (κ1) is 25.6. The van der Waals surface area contributed by atoms with Gasteiger partial charge in [-0.05, 0) is 67.4 Å². The minimum Gasteiger partial charge on any atom is -0.311 e. The zero-order valence-electron chi connectivity index (χ0n) is 23.0. The maximum atomic E-state index is 10.0. The molecule has 0 fully saturated rings. The van der Waals surface area contributed by atoms with Crippen LogP contribution < -0.4 is 4.90 Å². The first-order chi connectivity index (χ1) is 20.1. The lowest BCUT2D eigenvalue weighted by atomic mass is 9.91. The molecule has 3 nitrogen and oxygen atoms in total. The highest BCUT2D eigenvalue weighted by Crippen LogP contribution is 2.36. The third-order valence-electron chi connectivity index (χ3n) is 7.48. The van der Waals surface area contributed by atoms with Crippen LogP contribution in [-0.2, 0) is 0 Å². The summed E-state index contributed by atoms with van der Waals surface area (Å²) in [4.78, 5) is 2.26. The minimum absolute atomic E-state index is 0.599. The van der Waals surface area contributed by atoms with Crippen molar-refractivity contribution in [3.63, 3.8) is 0 Å². The highest BCUT2D eigenvalue weighted by molar-refractivity contribution is 6.09. The number of aryl methyl sites for hydroxylation is 2. The Morgan fingerprint density at radius 3 is 1.41 bits per heavy atom. The Balaban J connectivity index is 1.34. The molecule has 0 aliphatic rings. The van der Waals surface area contributed by atoms with Crippen LogP contribution in [0.25, 0.3) is 33.7 Å². The predicted octanol–water partition coefficient (Wildman–Crippen LogP) is 9.99. The van der Waals surface area contributed by atoms with Crippen LogP contribution in [0.4, 0.5) is 17.1 Å². The van der Waals surface area contributed by atoms with Crippen LogP contribution in [0.5, 0.6) is 0 Å². The van der Waals surface area contributed by atoms with E-state index in [4.69, 9.17) is 0 Å². The molecule has 0 bridgehead atoms. The lowest BCUT2D eigenvalue weighted by Gasteiger charge is -2.25. The summed E-state index contributed by atoms with van der Waals surface area (Å²) in [5, 5.41) is 23.1. The van der Waals surface area contributed by atoms with Gasteiger partial charge in [-0.25, -0.2) is 0 Å². The first-order valence-electron chi connectivity index (χ1n) is 13.6. The summed E-state index contributed by atoms with van der Waals surface area (Å²) in [5.41, 5.74) is 8.99. The lowest BCUT2D eigenvalue weighted by molar-refractivity contribution is 1.27. The zero-order chi connectivity index (χ0) is 28.3. The molecule has 6 aromatic carbocycles. The van der Waals surface area contributed by atoms with Gasteiger partial charge in [0.2, 0.25) is 0 Å². The summed E-state index contributed by atoms with van der Waals surface area (Å²) < 4.78 is 0. The standard InChI is InChI=1S/C38H27N3/c1-26-7-16-30(17-8-26)41(31-18-9-27(2)10-19-31)32-20-13-28(14-21-32)11-12-29-15-22-35-36(23-29)38(25-40)34-6-4-3-5-33(34)37(35)24-39/h3-23H,1-2H3. The molecule has 6 rings (SSSR count). The van der Waals surface area contributed by atoms with Crippen molar-refractivity contribution in [2.24, 2.45) is 0 Å². The van der Waals surface area contributed by atoms with Crippen LogP contribution in [0.2, 0.25) is 0 Å². The molecule has 0 saturated heterocycles. The smallest absolute Gasteiger partial charge is 0.100 e. The van der Waals surface area contributed by atoms with Crippen LogP contribution in [0.3, 0.4) is 0 Å². The summed E-state index contributed by atoms with van der Waals surface area (Å²) >= 11 is 0. The van der Waals surface area contributed by atoms with E-state index in [2.05, 4.69) is 116 Å². The fourth-order valence-electron chi connectivity index (χ4n) is 5.30. The monoisotopic (exact) mass is 525 g/mol. The lowest BCUT2D eigenvalue weighted by Crippen LogP contribution is -2.09. The molecule has 0 aliphatic heterocycles. The minimum atomic E-state index is 0.599. The molecular formula is C38H27N3. The second-order valence-electron chi connectivity index (χ2n) is 10.3. The SMILES string of the molecule is Cc1ccc(N(c2ccc(C)cc2)c2ccc(C=Cc3ccc4c(C#N)c5ccccc5c(C#N)c4c3)cc2)cc1. The van der Waals surface area contributed by atoms with Crippen molar-refractivity contribution < 1.29 is 0 Å². The molecule has 0 aliphatic carbocycles. The topological polar surface area (TPSA) is 50.8 Å². The van der Waals surface area contributed by atoms with Gasteiger partial charge in [0.05, 0.1) is 11.1 Å². The van der Waals surface area contributed by atoms with Crippen molar-refractivity contribution in [1.29, 1.82) is 10.5 Å². The van der Waals surface area contributed by atoms with Gasteiger partial charge >= 0.3 is 0 Å². The quantitative estimate of drug-likeness (QED) is 0.166. The predicted molar refractivity (Wildman–Crippen MR) is 170 cm³/mol. The van der Waals surface area contributed by atoms with Crippen molar-refractivity contribution in [3.05, 3.63) is 149 Å². The van der Waals surface area contributed by atoms with E-state index in [9.17, 15) is 10.5 Å². The molecule has 0 spiro atoms. The molecule has 0 heterocycles. The first-order valence-corrected chi connectivity index (χ1v) is 13.6. The van der Waals surface area contributed by atoms with Gasteiger partial charge in [0.15, 0.2) is 0 Å². The molecule has 0 aromatic heterocycles. The molecule has 0 saturated carbocycles. The van der Waals surface area contributed by atoms with Crippen molar-refractivity contribution in [1.82, 2.24) is 0 Å². The molecule has 0 radical (unpaired) electrons. The Morgan fingerprint density at radius 2 is 0.902 bits per heavy atom. The number of fused-ring (bicyclic) bond motifs is 2. The van der Waals surface area contributed by atoms with Gasteiger partial charge in [-0.1, -0.05) is 96.1 Å². The Labute approximate surface area is 240 Å². The summed E-state index contributed by atoms with van der Waals surface area (Å²) in [6.07, 6.45) is 4.12. The van der Waals surface area contributed by atoms with Gasteiger partial charge < -0.3 is 4.90 Å². The van der Waals surface area contributed by atoms with Crippen molar-refractivity contribution in [2.45, 2.75) is 13.8 Å². The van der Waals surface area contributed by atoms with Gasteiger partial charge in [0.25, 0.3) is 0 Å². The van der Waals surface area contributed by atoms with E-state index in [1.165, 1.54) is 11.1 Å². The fraction of sp³-hybridized carbons (Fsp3) is 0.0526. The number of nitrogens with zero attached hydrogens (tertiary/aromatic N) is 3. The number of anilines is 3. The Morgan fingerprint density at radius 1 is 0.488 bits per heavy atom. The van der Waals surface area contributed by atoms with Crippen LogP contribution in [0.1, 0.15) is 33.4 Å². The third-order valence-corrected chi connectivity index (χ3v) is 7.48. The maximum absolute atomic E-state index is 10.0. The largest absolute Gasteiger partial charge is 0.311 e. The summed E-state index contributed by atoms with van der Waals surface area (Å²) in [5.74, 6) is 0. The molecule has 194 valence electrons. The second-order valence-corrected chi connectivity index (χ2v) is 10.3. The van der Waals surface area contributed by atoms with E-state index >= 15 is 0 Å². The van der Waals surface area contributed by atoms with Crippen molar-refractivity contribution in [3.8, 4) is 12.1 Å². The van der Waals surface area contributed by atoms with Crippen LogP contribution in [0.15, 0.2) is 115 Å². The average Bonchev–Trinajstić information content (AvgIpc) is 3.01. The number of nitriles is 2. The normalized spacial score (nSPS) is 11.0. The van der Waals surface area contributed by atoms with E-state index in [0.717, 1.165) is 49.7 Å². The maximum Gasteiger partial charge on any atom is 0.100 e. The van der Waals surface area contributed by atoms with Crippen LogP contribution in [0, 0.1) is 36.5 Å². The Hall–Kier alpha value is -5.64. The van der Waals surface area contributed by atoms with E-state index < -0.39 is 0 Å². The van der Waals surface area contributed by atoms with Gasteiger partial charge in [-0.15, -0.1) is 0 Å². The number of hydrogen-bond donors (Lipinski definition) is 0. The summed E-state index contributed by atoms with van der Waals surface area (Å²) in [6, 6.07) is 44.0. The molecule has 0 amide bonds. The van der Waals surface area contributed by atoms with Crippen LogP contribution in [-0.4, -0.2) is 0 Å². The van der Waals surface area contributed by atoms with Gasteiger partial charge in [0.1, 0.15) is 12.1 Å². The Bertz CT molecular complexity index is 1960. The van der Waals surface area contributed by atoms with Gasteiger partial charge in [-0.3, -0.25) is 0 Å². The van der Waals surface area contributed by atoms with Crippen molar-refractivity contribution in [2.75, 3.05) is 4.90 Å². The summed E-state index contributed by atoms with van der Waals surface area (Å²) in [6.45, 7) is 4.20. The van der Waals surface area contributed by atoms with E-state index in [1.807, 2.05) is 42.5 Å². The molecular weight excluding hydrogens is 498 g/mol. The molecule has 0 N–H and O–H groups in total. The number of rotatable bonds is 5. The summed E-state index contributed by atoms with van der Waals surface area (Å²) in [7, 11) is 0. The molecule has 3 heteroatoms. The molecule has 41 heavy (non-hydrogen) atoms. The van der Waals surface area contributed by atoms with E-state index in [1.54, 1.807) is 0 Å².